The van der Waals surface area contributed by atoms with Crippen molar-refractivity contribution in [1.82, 2.24) is 10.3 Å². The molecule has 0 saturated heterocycles. The van der Waals surface area contributed by atoms with E-state index in [0.717, 1.165) is 17.0 Å². The zero-order valence-corrected chi connectivity index (χ0v) is 14.7. The molecule has 0 aliphatic rings. The van der Waals surface area contributed by atoms with Crippen LogP contribution in [0.15, 0.2) is 29.6 Å². The minimum Gasteiger partial charge on any atom is -0.342 e. The first-order chi connectivity index (χ1) is 9.96. The van der Waals surface area contributed by atoms with Gasteiger partial charge in [0.15, 0.2) is 0 Å². The van der Waals surface area contributed by atoms with Gasteiger partial charge in [-0.25, -0.2) is 4.98 Å². The number of carbonyl (C=O) groups excluding carboxylic acids is 1. The molecular formula is C16H22ClN3OS. The monoisotopic (exact) mass is 339 g/mol. The van der Waals surface area contributed by atoms with Crippen molar-refractivity contribution in [3.8, 4) is 0 Å². The van der Waals surface area contributed by atoms with E-state index in [1.54, 1.807) is 5.38 Å². The van der Waals surface area contributed by atoms with Gasteiger partial charge < -0.3 is 11.1 Å². The van der Waals surface area contributed by atoms with Gasteiger partial charge in [-0.3, -0.25) is 4.79 Å². The molecule has 3 N–H and O–H groups in total. The van der Waals surface area contributed by atoms with Gasteiger partial charge >= 0.3 is 0 Å². The maximum atomic E-state index is 12.3. The minimum atomic E-state index is -0.449. The van der Waals surface area contributed by atoms with E-state index in [-0.39, 0.29) is 18.3 Å². The summed E-state index contributed by atoms with van der Waals surface area (Å²) in [5, 5.41) is 5.54. The molecule has 1 heterocycles. The van der Waals surface area contributed by atoms with Crippen molar-refractivity contribution < 1.29 is 4.79 Å². The van der Waals surface area contributed by atoms with Crippen LogP contribution in [0.4, 0.5) is 0 Å². The summed E-state index contributed by atoms with van der Waals surface area (Å²) < 4.78 is 0. The van der Waals surface area contributed by atoms with Crippen molar-refractivity contribution in [3.63, 3.8) is 0 Å². The number of amides is 1. The fourth-order valence-electron chi connectivity index (χ4n) is 2.09. The third kappa shape index (κ3) is 4.29. The maximum Gasteiger partial charge on any atom is 0.271 e. The molecule has 0 aliphatic carbocycles. The Morgan fingerprint density at radius 3 is 2.45 bits per heavy atom. The lowest BCUT2D eigenvalue weighted by Crippen LogP contribution is -2.41. The molecule has 0 unspecified atom stereocenters. The first-order valence-corrected chi connectivity index (χ1v) is 7.90. The lowest BCUT2D eigenvalue weighted by molar-refractivity contribution is 0.0907. The summed E-state index contributed by atoms with van der Waals surface area (Å²) >= 11 is 1.41. The van der Waals surface area contributed by atoms with Gasteiger partial charge in [-0.1, -0.05) is 31.2 Å². The highest BCUT2D eigenvalue weighted by molar-refractivity contribution is 7.09. The molecule has 0 bridgehead atoms. The molecule has 0 saturated carbocycles. The number of benzene rings is 1. The molecule has 22 heavy (non-hydrogen) atoms. The molecule has 120 valence electrons. The van der Waals surface area contributed by atoms with E-state index < -0.39 is 5.54 Å². The summed E-state index contributed by atoms with van der Waals surface area (Å²) in [6.07, 6.45) is 1.01. The van der Waals surface area contributed by atoms with Gasteiger partial charge in [0.25, 0.3) is 5.91 Å². The summed E-state index contributed by atoms with van der Waals surface area (Å²) in [5.41, 5.74) is 7.86. The highest BCUT2D eigenvalue weighted by atomic mass is 35.5. The van der Waals surface area contributed by atoms with Crippen molar-refractivity contribution in [3.05, 3.63) is 51.5 Å². The summed E-state index contributed by atoms with van der Waals surface area (Å²) in [5.74, 6) is -0.171. The minimum absolute atomic E-state index is 0. The molecule has 0 aliphatic heterocycles. The largest absolute Gasteiger partial charge is 0.342 e. The Kier molecular flexibility index (Phi) is 6.53. The maximum absolute atomic E-state index is 12.3. The number of nitrogens with zero attached hydrogens (tertiary/aromatic N) is 1. The van der Waals surface area contributed by atoms with E-state index >= 15 is 0 Å². The molecule has 1 aromatic heterocycles. The predicted octanol–water partition coefficient (Wildman–Crippen LogP) is 3.25. The number of rotatable bonds is 5. The van der Waals surface area contributed by atoms with Gasteiger partial charge in [0, 0.05) is 11.9 Å². The number of nitrogens with two attached hydrogens (primary N) is 1. The Morgan fingerprint density at radius 1 is 1.32 bits per heavy atom. The van der Waals surface area contributed by atoms with Crippen LogP contribution < -0.4 is 11.1 Å². The number of aryl methyl sites for hydroxylation is 1. The van der Waals surface area contributed by atoms with E-state index in [4.69, 9.17) is 5.73 Å². The number of thiazole rings is 1. The number of aromatic nitrogens is 1. The Balaban J connectivity index is 0.00000242. The molecule has 2 rings (SSSR count). The quantitative estimate of drug-likeness (QED) is 0.878. The van der Waals surface area contributed by atoms with Crippen LogP contribution in [0, 0.1) is 0 Å². The standard InChI is InChI=1S/C16H21N3OS.ClH/c1-4-11-5-7-12(8-6-11)16(2,3)19-15(20)13-10-21-14(9-17)18-13;/h5-8,10H,4,9,17H2,1-3H3,(H,19,20);1H. The normalized spacial score (nSPS) is 10.9. The Labute approximate surface area is 141 Å². The van der Waals surface area contributed by atoms with Crippen molar-refractivity contribution in [2.24, 2.45) is 5.73 Å². The summed E-state index contributed by atoms with van der Waals surface area (Å²) in [4.78, 5) is 16.5. The average molecular weight is 340 g/mol. The average Bonchev–Trinajstić information content (AvgIpc) is 2.96. The summed E-state index contributed by atoms with van der Waals surface area (Å²) in [7, 11) is 0. The number of halogens is 1. The van der Waals surface area contributed by atoms with Gasteiger partial charge in [0.2, 0.25) is 0 Å². The summed E-state index contributed by atoms with van der Waals surface area (Å²) in [6.45, 7) is 6.46. The number of hydrogen-bond donors (Lipinski definition) is 2. The molecule has 0 spiro atoms. The molecule has 1 amide bonds. The lowest BCUT2D eigenvalue weighted by Gasteiger charge is -2.26. The van der Waals surface area contributed by atoms with Gasteiger partial charge in [-0.2, -0.15) is 0 Å². The van der Waals surface area contributed by atoms with Gasteiger partial charge in [-0.15, -0.1) is 23.7 Å². The van der Waals surface area contributed by atoms with E-state index in [1.807, 2.05) is 13.8 Å². The Hall–Kier alpha value is -1.43. The van der Waals surface area contributed by atoms with Crippen molar-refractivity contribution >= 4 is 29.7 Å². The molecule has 2 aromatic rings. The SMILES string of the molecule is CCc1ccc(C(C)(C)NC(=O)c2csc(CN)n2)cc1.Cl. The third-order valence-electron chi connectivity index (χ3n) is 3.47. The van der Waals surface area contributed by atoms with E-state index in [9.17, 15) is 4.79 Å². The fraction of sp³-hybridized carbons (Fsp3) is 0.375. The van der Waals surface area contributed by atoms with Crippen LogP contribution in [0.3, 0.4) is 0 Å². The van der Waals surface area contributed by atoms with E-state index in [2.05, 4.69) is 41.5 Å². The van der Waals surface area contributed by atoms with Crippen LogP contribution in [0.25, 0.3) is 0 Å². The lowest BCUT2D eigenvalue weighted by atomic mass is 9.93. The second-order valence-electron chi connectivity index (χ2n) is 5.46. The van der Waals surface area contributed by atoms with Gasteiger partial charge in [0.1, 0.15) is 10.7 Å². The second kappa shape index (κ2) is 7.72. The number of nitrogens with one attached hydrogen (secondary N) is 1. The zero-order chi connectivity index (χ0) is 15.5. The molecule has 4 nitrogen and oxygen atoms in total. The fourth-order valence-corrected chi connectivity index (χ4v) is 2.74. The topological polar surface area (TPSA) is 68.0 Å². The highest BCUT2D eigenvalue weighted by Crippen LogP contribution is 2.21. The van der Waals surface area contributed by atoms with Gasteiger partial charge in [-0.05, 0) is 31.4 Å². The number of hydrogen-bond acceptors (Lipinski definition) is 4. The van der Waals surface area contributed by atoms with E-state index in [1.165, 1.54) is 16.9 Å². The Morgan fingerprint density at radius 2 is 1.95 bits per heavy atom. The van der Waals surface area contributed by atoms with Crippen molar-refractivity contribution in [2.45, 2.75) is 39.3 Å². The molecule has 6 heteroatoms. The molecule has 0 atom stereocenters. The highest BCUT2D eigenvalue weighted by Gasteiger charge is 2.24. The number of carbonyl (C=O) groups is 1. The molecular weight excluding hydrogens is 318 g/mol. The van der Waals surface area contributed by atoms with Crippen LogP contribution >= 0.6 is 23.7 Å². The van der Waals surface area contributed by atoms with Crippen LogP contribution in [0.1, 0.15) is 47.4 Å². The summed E-state index contributed by atoms with van der Waals surface area (Å²) in [6, 6.07) is 8.31. The van der Waals surface area contributed by atoms with Crippen LogP contribution in [-0.4, -0.2) is 10.9 Å². The molecule has 0 fully saturated rings. The van der Waals surface area contributed by atoms with Gasteiger partial charge in [0.05, 0.1) is 5.54 Å². The van der Waals surface area contributed by atoms with Crippen molar-refractivity contribution in [1.29, 1.82) is 0 Å². The predicted molar refractivity (Wildman–Crippen MR) is 93.6 cm³/mol. The van der Waals surface area contributed by atoms with Crippen LogP contribution in [-0.2, 0) is 18.5 Å². The first kappa shape index (κ1) is 18.6. The first-order valence-electron chi connectivity index (χ1n) is 7.02. The Bertz CT molecular complexity index is 623. The van der Waals surface area contributed by atoms with Crippen LogP contribution in [0.2, 0.25) is 0 Å². The van der Waals surface area contributed by atoms with Crippen molar-refractivity contribution in [2.75, 3.05) is 0 Å². The zero-order valence-electron chi connectivity index (χ0n) is 13.1. The molecule has 1 aromatic carbocycles. The third-order valence-corrected chi connectivity index (χ3v) is 4.34. The molecule has 0 radical (unpaired) electrons. The van der Waals surface area contributed by atoms with E-state index in [0.29, 0.717) is 12.2 Å². The second-order valence-corrected chi connectivity index (χ2v) is 6.40. The smallest absolute Gasteiger partial charge is 0.271 e. The van der Waals surface area contributed by atoms with Crippen LogP contribution in [0.5, 0.6) is 0 Å².